The van der Waals surface area contributed by atoms with Gasteiger partial charge in [0.05, 0.1) is 21.2 Å². The van der Waals surface area contributed by atoms with E-state index < -0.39 is 39.2 Å². The summed E-state index contributed by atoms with van der Waals surface area (Å²) in [5.74, 6) is -0.636. The molecule has 0 fully saturated rings. The zero-order valence-electron chi connectivity index (χ0n) is 16.6. The largest absolute Gasteiger partial charge is 0.417 e. The summed E-state index contributed by atoms with van der Waals surface area (Å²) >= 11 is 5.66. The monoisotopic (exact) mass is 462 g/mol. The minimum atomic E-state index is -4.79. The predicted molar refractivity (Wildman–Crippen MR) is 110 cm³/mol. The van der Waals surface area contributed by atoms with Crippen molar-refractivity contribution in [2.24, 2.45) is 0 Å². The first-order valence-electron chi connectivity index (χ1n) is 9.11. The molecule has 1 atom stereocenters. The average molecular weight is 463 g/mol. The van der Waals surface area contributed by atoms with Gasteiger partial charge in [0, 0.05) is 6.04 Å². The first-order valence-corrected chi connectivity index (χ1v) is 10.9. The number of amides is 1. The Bertz CT molecular complexity index is 1010. The van der Waals surface area contributed by atoms with Gasteiger partial charge in [-0.25, -0.2) is 8.42 Å². The van der Waals surface area contributed by atoms with Gasteiger partial charge >= 0.3 is 6.18 Å². The highest BCUT2D eigenvalue weighted by Gasteiger charge is 2.35. The zero-order valence-corrected chi connectivity index (χ0v) is 18.2. The fourth-order valence-corrected chi connectivity index (χ4v) is 4.23. The van der Waals surface area contributed by atoms with Gasteiger partial charge in [0.25, 0.3) is 10.0 Å². The molecule has 0 saturated heterocycles. The molecule has 0 saturated carbocycles. The highest BCUT2D eigenvalue weighted by Crippen LogP contribution is 2.38. The fraction of sp³-hybridized carbons (Fsp3) is 0.350. The number of rotatable bonds is 7. The molecule has 0 radical (unpaired) electrons. The van der Waals surface area contributed by atoms with Crippen LogP contribution in [0, 0.1) is 6.92 Å². The SMILES string of the molecule is CC[C@@H](C)NC(=O)CN(c1ccc(Cl)c(C(F)(F)F)c1)S(=O)(=O)c1ccc(C)cc1. The van der Waals surface area contributed by atoms with Crippen molar-refractivity contribution in [3.05, 3.63) is 58.6 Å². The number of anilines is 1. The van der Waals surface area contributed by atoms with Crippen molar-refractivity contribution in [1.82, 2.24) is 5.32 Å². The number of nitrogens with one attached hydrogen (secondary N) is 1. The molecular weight excluding hydrogens is 441 g/mol. The van der Waals surface area contributed by atoms with Crippen molar-refractivity contribution in [2.45, 2.75) is 44.3 Å². The lowest BCUT2D eigenvalue weighted by Gasteiger charge is -2.26. The van der Waals surface area contributed by atoms with Gasteiger partial charge in [0.2, 0.25) is 5.91 Å². The van der Waals surface area contributed by atoms with E-state index in [9.17, 15) is 26.4 Å². The van der Waals surface area contributed by atoms with E-state index in [0.29, 0.717) is 16.8 Å². The van der Waals surface area contributed by atoms with E-state index in [1.807, 2.05) is 6.92 Å². The van der Waals surface area contributed by atoms with Crippen LogP contribution in [0.15, 0.2) is 47.4 Å². The van der Waals surface area contributed by atoms with Crippen LogP contribution in [-0.4, -0.2) is 26.9 Å². The second-order valence-electron chi connectivity index (χ2n) is 6.86. The van der Waals surface area contributed by atoms with E-state index in [0.717, 1.165) is 17.7 Å². The van der Waals surface area contributed by atoms with E-state index in [4.69, 9.17) is 11.6 Å². The quantitative estimate of drug-likeness (QED) is 0.644. The van der Waals surface area contributed by atoms with Crippen LogP contribution < -0.4 is 9.62 Å². The molecule has 5 nitrogen and oxygen atoms in total. The summed E-state index contributed by atoms with van der Waals surface area (Å²) < 4.78 is 67.0. The van der Waals surface area contributed by atoms with Crippen LogP contribution in [0.25, 0.3) is 0 Å². The maximum atomic E-state index is 13.3. The van der Waals surface area contributed by atoms with Crippen molar-refractivity contribution in [1.29, 1.82) is 0 Å². The van der Waals surface area contributed by atoms with Gasteiger partial charge in [-0.2, -0.15) is 13.2 Å². The Morgan fingerprint density at radius 3 is 2.30 bits per heavy atom. The van der Waals surface area contributed by atoms with E-state index in [2.05, 4.69) is 5.32 Å². The van der Waals surface area contributed by atoms with Gasteiger partial charge in [-0.3, -0.25) is 9.10 Å². The number of carbonyl (C=O) groups excluding carboxylic acids is 1. The van der Waals surface area contributed by atoms with Crippen LogP contribution >= 0.6 is 11.6 Å². The smallest absolute Gasteiger partial charge is 0.352 e. The molecule has 164 valence electrons. The van der Waals surface area contributed by atoms with Crippen molar-refractivity contribution < 1.29 is 26.4 Å². The third kappa shape index (κ3) is 5.66. The summed E-state index contributed by atoms with van der Waals surface area (Å²) in [6.07, 6.45) is -4.18. The fourth-order valence-electron chi connectivity index (χ4n) is 2.59. The number of hydrogen-bond acceptors (Lipinski definition) is 3. The van der Waals surface area contributed by atoms with Crippen LogP contribution in [0.3, 0.4) is 0 Å². The normalized spacial score (nSPS) is 13.0. The predicted octanol–water partition coefficient (Wildman–Crippen LogP) is 4.78. The van der Waals surface area contributed by atoms with Crippen LogP contribution in [0.4, 0.5) is 18.9 Å². The standard InChI is InChI=1S/C20H22ClF3N2O3S/c1-4-14(3)25-19(27)12-26(30(28,29)16-8-5-13(2)6-9-16)15-7-10-18(21)17(11-15)20(22,23)24/h5-11,14H,4,12H2,1-3H3,(H,25,27)/t14-/m1/s1. The molecule has 2 aromatic rings. The Kier molecular flexibility index (Phi) is 7.41. The third-order valence-electron chi connectivity index (χ3n) is 4.46. The Morgan fingerprint density at radius 1 is 1.17 bits per heavy atom. The number of aryl methyl sites for hydroxylation is 1. The van der Waals surface area contributed by atoms with E-state index in [-0.39, 0.29) is 16.6 Å². The Labute approximate surface area is 178 Å². The molecule has 10 heteroatoms. The number of benzene rings is 2. The van der Waals surface area contributed by atoms with Crippen LogP contribution in [0.5, 0.6) is 0 Å². The van der Waals surface area contributed by atoms with Gasteiger partial charge < -0.3 is 5.32 Å². The molecule has 1 N–H and O–H groups in total. The highest BCUT2D eigenvalue weighted by molar-refractivity contribution is 7.92. The summed E-state index contributed by atoms with van der Waals surface area (Å²) in [5, 5.41) is 2.06. The molecular formula is C20H22ClF3N2O3S. The number of sulfonamides is 1. The lowest BCUT2D eigenvalue weighted by molar-refractivity contribution is -0.137. The molecule has 0 spiro atoms. The van der Waals surface area contributed by atoms with Gasteiger partial charge in [-0.05, 0) is 50.6 Å². The summed E-state index contributed by atoms with van der Waals surface area (Å²) in [5.41, 5.74) is -0.694. The molecule has 30 heavy (non-hydrogen) atoms. The van der Waals surface area contributed by atoms with Crippen LogP contribution in [-0.2, 0) is 21.0 Å². The number of halogens is 4. The third-order valence-corrected chi connectivity index (χ3v) is 6.58. The molecule has 0 bridgehead atoms. The van der Waals surface area contributed by atoms with Crippen LogP contribution in [0.2, 0.25) is 5.02 Å². The van der Waals surface area contributed by atoms with Gasteiger partial charge in [-0.15, -0.1) is 0 Å². The van der Waals surface area contributed by atoms with E-state index >= 15 is 0 Å². The first-order chi connectivity index (χ1) is 13.9. The van der Waals surface area contributed by atoms with Gasteiger partial charge in [0.1, 0.15) is 6.54 Å². The van der Waals surface area contributed by atoms with E-state index in [1.165, 1.54) is 12.1 Å². The maximum absolute atomic E-state index is 13.3. The highest BCUT2D eigenvalue weighted by atomic mass is 35.5. The first kappa shape index (κ1) is 24.0. The zero-order chi connectivity index (χ0) is 22.7. The van der Waals surface area contributed by atoms with Crippen molar-refractivity contribution >= 4 is 33.2 Å². The number of carbonyl (C=O) groups is 1. The van der Waals surface area contributed by atoms with Gasteiger partial charge in [-0.1, -0.05) is 36.2 Å². The molecule has 1 amide bonds. The topological polar surface area (TPSA) is 66.5 Å². The summed E-state index contributed by atoms with van der Waals surface area (Å²) in [4.78, 5) is 12.3. The maximum Gasteiger partial charge on any atom is 0.417 e. The minimum absolute atomic E-state index is 0.145. The Hall–Kier alpha value is -2.26. The molecule has 0 aliphatic carbocycles. The molecule has 0 heterocycles. The second kappa shape index (κ2) is 9.26. The van der Waals surface area contributed by atoms with Crippen molar-refractivity contribution in [2.75, 3.05) is 10.8 Å². The van der Waals surface area contributed by atoms with E-state index in [1.54, 1.807) is 26.0 Å². The number of hydrogen-bond donors (Lipinski definition) is 1. The molecule has 0 aliphatic rings. The lowest BCUT2D eigenvalue weighted by atomic mass is 10.2. The summed E-state index contributed by atoms with van der Waals surface area (Å²) in [7, 11) is -4.32. The Morgan fingerprint density at radius 2 is 1.77 bits per heavy atom. The second-order valence-corrected chi connectivity index (χ2v) is 9.13. The van der Waals surface area contributed by atoms with Crippen molar-refractivity contribution in [3.63, 3.8) is 0 Å². The molecule has 0 unspecified atom stereocenters. The number of alkyl halides is 3. The summed E-state index contributed by atoms with van der Waals surface area (Å²) in [6.45, 7) is 4.66. The van der Waals surface area contributed by atoms with Gasteiger partial charge in [0.15, 0.2) is 0 Å². The molecule has 2 rings (SSSR count). The van der Waals surface area contributed by atoms with Crippen LogP contribution in [0.1, 0.15) is 31.4 Å². The molecule has 0 aliphatic heterocycles. The molecule has 0 aromatic heterocycles. The van der Waals surface area contributed by atoms with Crippen molar-refractivity contribution in [3.8, 4) is 0 Å². The lowest BCUT2D eigenvalue weighted by Crippen LogP contribution is -2.43. The average Bonchev–Trinajstić information content (AvgIpc) is 2.66. The summed E-state index contributed by atoms with van der Waals surface area (Å²) in [6, 6.07) is 8.31. The molecule has 2 aromatic carbocycles. The number of nitrogens with zero attached hydrogens (tertiary/aromatic N) is 1. The Balaban J connectivity index is 2.57. The minimum Gasteiger partial charge on any atom is -0.352 e.